The topological polar surface area (TPSA) is 0 Å². The molecule has 23 heavy (non-hydrogen) atoms. The third-order valence-electron chi connectivity index (χ3n) is 5.98. The third kappa shape index (κ3) is 1.84. The molecule has 0 aromatic heterocycles. The Bertz CT molecular complexity index is 835. The van der Waals surface area contributed by atoms with E-state index in [1.165, 1.54) is 24.8 Å². The zero-order valence-electron chi connectivity index (χ0n) is 13.2. The first-order valence-electron chi connectivity index (χ1n) is 8.57. The number of rotatable bonds is 1. The fraction of sp³-hybridized carbons (Fsp3) is 0.217. The summed E-state index contributed by atoms with van der Waals surface area (Å²) >= 11 is 0. The van der Waals surface area contributed by atoms with Crippen LogP contribution < -0.4 is 0 Å². The van der Waals surface area contributed by atoms with E-state index in [4.69, 9.17) is 0 Å². The molecule has 0 fully saturated rings. The van der Waals surface area contributed by atoms with Crippen LogP contribution in [0.3, 0.4) is 0 Å². The van der Waals surface area contributed by atoms with Crippen LogP contribution >= 0.6 is 0 Å². The molecular weight excluding hydrogens is 276 g/mol. The monoisotopic (exact) mass is 296 g/mol. The van der Waals surface area contributed by atoms with Gasteiger partial charge < -0.3 is 0 Å². The van der Waals surface area contributed by atoms with Crippen molar-refractivity contribution < 1.29 is 0 Å². The Kier molecular flexibility index (Phi) is 2.76. The van der Waals surface area contributed by atoms with Crippen LogP contribution in [0.15, 0.2) is 78.9 Å². The van der Waals surface area contributed by atoms with Gasteiger partial charge in [-0.15, -0.1) is 0 Å². The van der Waals surface area contributed by atoms with E-state index in [1.807, 2.05) is 0 Å². The predicted octanol–water partition coefficient (Wildman–Crippen LogP) is 5.06. The van der Waals surface area contributed by atoms with Crippen molar-refractivity contribution in [2.75, 3.05) is 0 Å². The second-order valence-electron chi connectivity index (χ2n) is 7.10. The van der Waals surface area contributed by atoms with Crippen LogP contribution in [0.25, 0.3) is 0 Å². The summed E-state index contributed by atoms with van der Waals surface area (Å²) in [5.41, 5.74) is 7.98. The van der Waals surface area contributed by atoms with Crippen LogP contribution in [0.1, 0.15) is 33.7 Å². The molecule has 0 radical (unpaired) electrons. The summed E-state index contributed by atoms with van der Waals surface area (Å²) in [5, 5.41) is 0. The highest BCUT2D eigenvalue weighted by Crippen LogP contribution is 2.55. The van der Waals surface area contributed by atoms with Crippen LogP contribution in [0.2, 0.25) is 0 Å². The quantitative estimate of drug-likeness (QED) is 0.588. The molecule has 3 aromatic carbocycles. The van der Waals surface area contributed by atoms with Crippen molar-refractivity contribution in [1.29, 1.82) is 0 Å². The molecule has 3 aromatic rings. The third-order valence-corrected chi connectivity index (χ3v) is 5.98. The fourth-order valence-corrected chi connectivity index (χ4v) is 4.99. The number of fused-ring (bicyclic) bond motifs is 3. The van der Waals surface area contributed by atoms with Crippen LogP contribution in [0, 0.1) is 0 Å². The average molecular weight is 296 g/mol. The van der Waals surface area contributed by atoms with Gasteiger partial charge in [0.15, 0.2) is 0 Å². The van der Waals surface area contributed by atoms with E-state index in [0.717, 1.165) is 0 Å². The molecule has 112 valence electrons. The molecule has 0 heteroatoms. The van der Waals surface area contributed by atoms with Gasteiger partial charge in [0.2, 0.25) is 0 Å². The second-order valence-corrected chi connectivity index (χ2v) is 7.10. The Morgan fingerprint density at radius 3 is 1.87 bits per heavy atom. The first kappa shape index (κ1) is 13.1. The second kappa shape index (κ2) is 4.83. The van der Waals surface area contributed by atoms with Gasteiger partial charge in [0.25, 0.3) is 0 Å². The minimum absolute atomic E-state index is 0.252. The highest BCUT2D eigenvalue weighted by atomic mass is 14.5. The molecule has 0 bridgehead atoms. The standard InChI is InChI=1S/C23H20/c1-2-8-17(9-3-1)22-14-18-10-6-7-13-21(18)23(22)15-19-11-4-5-12-20(19)16-23/h1-13,22H,14-16H2. The van der Waals surface area contributed by atoms with Gasteiger partial charge in [-0.3, -0.25) is 0 Å². The van der Waals surface area contributed by atoms with Crippen molar-refractivity contribution >= 4 is 0 Å². The SMILES string of the molecule is c1ccc(C2Cc3ccccc3C23Cc2ccccc2C3)cc1. The summed E-state index contributed by atoms with van der Waals surface area (Å²) in [6, 6.07) is 29.3. The molecule has 0 nitrogen and oxygen atoms in total. The molecule has 5 rings (SSSR count). The minimum Gasteiger partial charge on any atom is -0.0622 e. The molecule has 1 unspecified atom stereocenters. The zero-order valence-corrected chi connectivity index (χ0v) is 13.2. The van der Waals surface area contributed by atoms with Crippen LogP contribution in [-0.4, -0.2) is 0 Å². The molecular formula is C23H20. The highest BCUT2D eigenvalue weighted by Gasteiger charge is 2.50. The molecule has 0 N–H and O–H groups in total. The van der Waals surface area contributed by atoms with Crippen molar-refractivity contribution in [2.24, 2.45) is 0 Å². The number of hydrogen-bond donors (Lipinski definition) is 0. The first-order chi connectivity index (χ1) is 11.4. The largest absolute Gasteiger partial charge is 0.0622 e. The van der Waals surface area contributed by atoms with Crippen molar-refractivity contribution in [3.05, 3.63) is 107 Å². The lowest BCUT2D eigenvalue weighted by molar-refractivity contribution is 0.388. The zero-order chi connectivity index (χ0) is 15.3. The molecule has 2 aliphatic carbocycles. The van der Waals surface area contributed by atoms with Crippen LogP contribution in [-0.2, 0) is 24.7 Å². The Balaban J connectivity index is 1.70. The number of benzene rings is 3. The van der Waals surface area contributed by atoms with Gasteiger partial charge in [-0.1, -0.05) is 78.9 Å². The van der Waals surface area contributed by atoms with Crippen LogP contribution in [0.4, 0.5) is 0 Å². The van der Waals surface area contributed by atoms with E-state index in [2.05, 4.69) is 78.9 Å². The summed E-state index contributed by atoms with van der Waals surface area (Å²) < 4.78 is 0. The van der Waals surface area contributed by atoms with Gasteiger partial charge in [-0.2, -0.15) is 0 Å². The lowest BCUT2D eigenvalue weighted by Crippen LogP contribution is -2.31. The normalized spacial score (nSPS) is 20.4. The molecule has 0 amide bonds. The van der Waals surface area contributed by atoms with Crippen LogP contribution in [0.5, 0.6) is 0 Å². The molecule has 0 aliphatic heterocycles. The van der Waals surface area contributed by atoms with E-state index < -0.39 is 0 Å². The molecule has 1 atom stereocenters. The summed E-state index contributed by atoms with van der Waals surface area (Å²) in [6.45, 7) is 0. The average Bonchev–Trinajstić information content (AvgIpc) is 3.15. The van der Waals surface area contributed by atoms with E-state index in [1.54, 1.807) is 22.3 Å². The van der Waals surface area contributed by atoms with E-state index >= 15 is 0 Å². The van der Waals surface area contributed by atoms with Crippen molar-refractivity contribution in [2.45, 2.75) is 30.6 Å². The maximum atomic E-state index is 2.38. The lowest BCUT2D eigenvalue weighted by Gasteiger charge is -2.33. The van der Waals surface area contributed by atoms with E-state index in [0.29, 0.717) is 5.92 Å². The summed E-state index contributed by atoms with van der Waals surface area (Å²) in [7, 11) is 0. The Morgan fingerprint density at radius 2 is 1.17 bits per heavy atom. The van der Waals surface area contributed by atoms with E-state index in [-0.39, 0.29) is 5.41 Å². The molecule has 0 saturated carbocycles. The van der Waals surface area contributed by atoms with E-state index in [9.17, 15) is 0 Å². The molecule has 2 aliphatic rings. The smallest absolute Gasteiger partial charge is 0.0108 e. The first-order valence-corrected chi connectivity index (χ1v) is 8.57. The van der Waals surface area contributed by atoms with Gasteiger partial charge in [0.05, 0.1) is 0 Å². The minimum atomic E-state index is 0.252. The van der Waals surface area contributed by atoms with Gasteiger partial charge >= 0.3 is 0 Å². The van der Waals surface area contributed by atoms with Gasteiger partial charge in [-0.25, -0.2) is 0 Å². The molecule has 0 saturated heterocycles. The molecule has 1 spiro atoms. The number of hydrogen-bond acceptors (Lipinski definition) is 0. The molecule has 0 heterocycles. The van der Waals surface area contributed by atoms with Gasteiger partial charge in [0.1, 0.15) is 0 Å². The lowest BCUT2D eigenvalue weighted by atomic mass is 9.70. The van der Waals surface area contributed by atoms with Gasteiger partial charge in [0, 0.05) is 5.41 Å². The van der Waals surface area contributed by atoms with Crippen molar-refractivity contribution in [3.8, 4) is 0 Å². The maximum absolute atomic E-state index is 2.38. The predicted molar refractivity (Wildman–Crippen MR) is 94.9 cm³/mol. The Hall–Kier alpha value is -2.34. The van der Waals surface area contributed by atoms with Crippen molar-refractivity contribution in [3.63, 3.8) is 0 Å². The summed E-state index contributed by atoms with van der Waals surface area (Å²) in [4.78, 5) is 0. The highest BCUT2D eigenvalue weighted by molar-refractivity contribution is 5.53. The Labute approximate surface area is 137 Å². The summed E-state index contributed by atoms with van der Waals surface area (Å²) in [5.74, 6) is 0.591. The fourth-order valence-electron chi connectivity index (χ4n) is 4.99. The van der Waals surface area contributed by atoms with Crippen molar-refractivity contribution in [1.82, 2.24) is 0 Å². The van der Waals surface area contributed by atoms with Gasteiger partial charge in [-0.05, 0) is 53.0 Å². The maximum Gasteiger partial charge on any atom is 0.0108 e. The summed E-state index contributed by atoms with van der Waals surface area (Å²) in [6.07, 6.45) is 3.54. The Morgan fingerprint density at radius 1 is 0.609 bits per heavy atom.